The maximum absolute atomic E-state index is 6.81. The Balaban J connectivity index is 2.56. The smallest absolute Gasteiger partial charge is 0.0157 e. The van der Waals surface area contributed by atoms with E-state index in [1.54, 1.807) is 0 Å². The maximum Gasteiger partial charge on any atom is 0.0157 e. The largest absolute Gasteiger partial charge is 0.325 e. The summed E-state index contributed by atoms with van der Waals surface area (Å²) in [6, 6.07) is 0. The molecule has 1 saturated carbocycles. The Kier molecular flexibility index (Phi) is 7.04. The minimum atomic E-state index is 0.133. The lowest BCUT2D eigenvalue weighted by Gasteiger charge is -2.33. The number of hydrogen-bond donors (Lipinski definition) is 1. The van der Waals surface area contributed by atoms with E-state index in [0.717, 1.165) is 11.8 Å². The van der Waals surface area contributed by atoms with E-state index in [1.807, 2.05) is 0 Å². The molecule has 1 nitrogen and oxygen atoms in total. The Morgan fingerprint density at radius 1 is 1.15 bits per heavy atom. The third kappa shape index (κ3) is 5.76. The first kappa shape index (κ1) is 18.0. The molecule has 0 radical (unpaired) electrons. The number of hydrogen-bond acceptors (Lipinski definition) is 1. The van der Waals surface area contributed by atoms with Gasteiger partial charge in [0.05, 0.1) is 0 Å². The highest BCUT2D eigenvalue weighted by molar-refractivity contribution is 4.91. The lowest BCUT2D eigenvalue weighted by atomic mass is 9.75. The molecule has 0 aliphatic heterocycles. The average molecular weight is 282 g/mol. The molecule has 0 spiro atoms. The van der Waals surface area contributed by atoms with Crippen molar-refractivity contribution in [2.45, 2.75) is 104 Å². The van der Waals surface area contributed by atoms with Gasteiger partial charge in [0.2, 0.25) is 0 Å². The SMILES string of the molecule is CCCCC(CC)CC1(N)CCCC(C(C)(C)C)CC1. The topological polar surface area (TPSA) is 26.0 Å². The highest BCUT2D eigenvalue weighted by atomic mass is 14.7. The summed E-state index contributed by atoms with van der Waals surface area (Å²) in [7, 11) is 0. The van der Waals surface area contributed by atoms with E-state index in [1.165, 1.54) is 64.2 Å². The first-order valence-corrected chi connectivity index (χ1v) is 9.09. The van der Waals surface area contributed by atoms with Gasteiger partial charge in [0.15, 0.2) is 0 Å². The van der Waals surface area contributed by atoms with Crippen molar-refractivity contribution in [1.29, 1.82) is 0 Å². The van der Waals surface area contributed by atoms with Crippen molar-refractivity contribution in [2.75, 3.05) is 0 Å². The maximum atomic E-state index is 6.81. The standard InChI is InChI=1S/C19H39N/c1-6-8-10-16(7-2)15-19(20)13-9-11-17(12-14-19)18(3,4)5/h16-17H,6-15,20H2,1-5H3. The van der Waals surface area contributed by atoms with Crippen LogP contribution in [0.15, 0.2) is 0 Å². The summed E-state index contributed by atoms with van der Waals surface area (Å²) in [6.07, 6.45) is 13.2. The molecule has 0 heterocycles. The van der Waals surface area contributed by atoms with Gasteiger partial charge in [-0.3, -0.25) is 0 Å². The first-order chi connectivity index (χ1) is 9.30. The van der Waals surface area contributed by atoms with Gasteiger partial charge in [0, 0.05) is 5.54 Å². The Hall–Kier alpha value is -0.0400. The van der Waals surface area contributed by atoms with Crippen LogP contribution >= 0.6 is 0 Å². The number of nitrogens with two attached hydrogens (primary N) is 1. The first-order valence-electron chi connectivity index (χ1n) is 9.09. The van der Waals surface area contributed by atoms with Gasteiger partial charge in [0.25, 0.3) is 0 Å². The van der Waals surface area contributed by atoms with Crippen molar-refractivity contribution in [3.8, 4) is 0 Å². The molecule has 0 saturated heterocycles. The lowest BCUT2D eigenvalue weighted by molar-refractivity contribution is 0.205. The van der Waals surface area contributed by atoms with E-state index in [0.29, 0.717) is 5.41 Å². The van der Waals surface area contributed by atoms with E-state index in [4.69, 9.17) is 5.73 Å². The zero-order chi connectivity index (χ0) is 15.2. The molecular weight excluding hydrogens is 242 g/mol. The minimum absolute atomic E-state index is 0.133. The molecule has 1 fully saturated rings. The summed E-state index contributed by atoms with van der Waals surface area (Å²) in [5, 5.41) is 0. The highest BCUT2D eigenvalue weighted by Gasteiger charge is 2.34. The van der Waals surface area contributed by atoms with Crippen LogP contribution in [0.3, 0.4) is 0 Å². The fourth-order valence-corrected chi connectivity index (χ4v) is 4.02. The Labute approximate surface area is 128 Å². The molecule has 3 unspecified atom stereocenters. The second kappa shape index (κ2) is 7.82. The summed E-state index contributed by atoms with van der Waals surface area (Å²) in [5.74, 6) is 1.72. The fourth-order valence-electron chi connectivity index (χ4n) is 4.02. The van der Waals surface area contributed by atoms with Crippen LogP contribution in [0, 0.1) is 17.3 Å². The van der Waals surface area contributed by atoms with Gasteiger partial charge in [-0.2, -0.15) is 0 Å². The predicted molar refractivity (Wildman–Crippen MR) is 90.9 cm³/mol. The van der Waals surface area contributed by atoms with Crippen molar-refractivity contribution in [3.63, 3.8) is 0 Å². The fraction of sp³-hybridized carbons (Fsp3) is 1.00. The molecule has 3 atom stereocenters. The van der Waals surface area contributed by atoms with E-state index >= 15 is 0 Å². The Bertz CT molecular complexity index is 265. The normalized spacial score (nSPS) is 30.0. The van der Waals surface area contributed by atoms with Crippen LogP contribution in [0.2, 0.25) is 0 Å². The van der Waals surface area contributed by atoms with Crippen LogP contribution in [0.5, 0.6) is 0 Å². The second-order valence-corrected chi connectivity index (χ2v) is 8.48. The summed E-state index contributed by atoms with van der Waals surface area (Å²) in [5.41, 5.74) is 7.40. The molecule has 1 heteroatoms. The minimum Gasteiger partial charge on any atom is -0.325 e. The van der Waals surface area contributed by atoms with E-state index in [2.05, 4.69) is 34.6 Å². The summed E-state index contributed by atoms with van der Waals surface area (Å²) in [6.45, 7) is 11.8. The van der Waals surface area contributed by atoms with Crippen molar-refractivity contribution in [3.05, 3.63) is 0 Å². The van der Waals surface area contributed by atoms with Gasteiger partial charge in [-0.05, 0) is 49.4 Å². The molecule has 1 aliphatic carbocycles. The van der Waals surface area contributed by atoms with Gasteiger partial charge in [-0.15, -0.1) is 0 Å². The molecule has 120 valence electrons. The Morgan fingerprint density at radius 3 is 2.40 bits per heavy atom. The van der Waals surface area contributed by atoms with Crippen LogP contribution in [0.4, 0.5) is 0 Å². The van der Waals surface area contributed by atoms with Gasteiger partial charge < -0.3 is 5.73 Å². The molecule has 0 aromatic carbocycles. The lowest BCUT2D eigenvalue weighted by Crippen LogP contribution is -2.41. The molecule has 2 N–H and O–H groups in total. The molecule has 1 rings (SSSR count). The Morgan fingerprint density at radius 2 is 1.85 bits per heavy atom. The van der Waals surface area contributed by atoms with E-state index < -0.39 is 0 Å². The third-order valence-electron chi connectivity index (χ3n) is 5.68. The zero-order valence-corrected chi connectivity index (χ0v) is 14.8. The van der Waals surface area contributed by atoms with Crippen LogP contribution in [-0.4, -0.2) is 5.54 Å². The van der Waals surface area contributed by atoms with Crippen LogP contribution in [0.25, 0.3) is 0 Å². The van der Waals surface area contributed by atoms with Crippen molar-refractivity contribution < 1.29 is 0 Å². The predicted octanol–water partition coefficient (Wildman–Crippen LogP) is 5.92. The highest BCUT2D eigenvalue weighted by Crippen LogP contribution is 2.41. The zero-order valence-electron chi connectivity index (χ0n) is 14.8. The van der Waals surface area contributed by atoms with Crippen molar-refractivity contribution in [2.24, 2.45) is 23.0 Å². The molecule has 0 aromatic heterocycles. The molecule has 1 aliphatic rings. The monoisotopic (exact) mass is 281 g/mol. The van der Waals surface area contributed by atoms with Gasteiger partial charge in [-0.1, -0.05) is 66.7 Å². The average Bonchev–Trinajstić information content (AvgIpc) is 2.56. The van der Waals surface area contributed by atoms with Crippen LogP contribution in [0.1, 0.15) is 98.8 Å². The van der Waals surface area contributed by atoms with Crippen LogP contribution < -0.4 is 5.73 Å². The van der Waals surface area contributed by atoms with Crippen molar-refractivity contribution >= 4 is 0 Å². The molecule has 0 bridgehead atoms. The quantitative estimate of drug-likeness (QED) is 0.601. The summed E-state index contributed by atoms with van der Waals surface area (Å²) >= 11 is 0. The molecule has 0 aromatic rings. The number of rotatable bonds is 6. The van der Waals surface area contributed by atoms with E-state index in [-0.39, 0.29) is 5.54 Å². The molecule has 20 heavy (non-hydrogen) atoms. The van der Waals surface area contributed by atoms with Gasteiger partial charge in [-0.25, -0.2) is 0 Å². The summed E-state index contributed by atoms with van der Waals surface area (Å²) in [4.78, 5) is 0. The molecule has 0 amide bonds. The number of unbranched alkanes of at least 4 members (excludes halogenated alkanes) is 1. The van der Waals surface area contributed by atoms with Gasteiger partial charge in [0.1, 0.15) is 0 Å². The third-order valence-corrected chi connectivity index (χ3v) is 5.68. The van der Waals surface area contributed by atoms with E-state index in [9.17, 15) is 0 Å². The second-order valence-electron chi connectivity index (χ2n) is 8.48. The van der Waals surface area contributed by atoms with Crippen LogP contribution in [-0.2, 0) is 0 Å². The molecular formula is C19H39N. The van der Waals surface area contributed by atoms with Crippen molar-refractivity contribution in [1.82, 2.24) is 0 Å². The van der Waals surface area contributed by atoms with Gasteiger partial charge >= 0.3 is 0 Å². The summed E-state index contributed by atoms with van der Waals surface area (Å²) < 4.78 is 0.